The van der Waals surface area contributed by atoms with E-state index >= 15 is 0 Å². The van der Waals surface area contributed by atoms with Crippen LogP contribution in [0.1, 0.15) is 46.5 Å². The first kappa shape index (κ1) is 17.9. The molecule has 3 rings (SSSR count). The topological polar surface area (TPSA) is 26.8 Å². The first-order chi connectivity index (χ1) is 11.6. The first-order valence-corrected chi connectivity index (χ1v) is 9.98. The van der Waals surface area contributed by atoms with Crippen LogP contribution in [-0.4, -0.2) is 72.5 Å². The van der Waals surface area contributed by atoms with E-state index in [-0.39, 0.29) is 6.04 Å². The predicted octanol–water partition coefficient (Wildman–Crippen LogP) is 2.61. The number of piperazine rings is 1. The number of hydrogen-bond acceptors (Lipinski definition) is 3. The molecular formula is C20H35N3O. The molecule has 1 aliphatic carbocycles. The highest BCUT2D eigenvalue weighted by molar-refractivity contribution is 5.81. The molecule has 24 heavy (non-hydrogen) atoms. The Morgan fingerprint density at radius 3 is 2.46 bits per heavy atom. The Kier molecular flexibility index (Phi) is 5.98. The van der Waals surface area contributed by atoms with Crippen LogP contribution in [-0.2, 0) is 4.79 Å². The first-order valence-electron chi connectivity index (χ1n) is 9.98. The van der Waals surface area contributed by atoms with Crippen LogP contribution in [0.2, 0.25) is 0 Å². The van der Waals surface area contributed by atoms with Gasteiger partial charge in [-0.3, -0.25) is 9.69 Å². The zero-order valence-electron chi connectivity index (χ0n) is 15.8. The van der Waals surface area contributed by atoms with Crippen molar-refractivity contribution in [3.8, 4) is 0 Å². The van der Waals surface area contributed by atoms with Crippen molar-refractivity contribution in [2.24, 2.45) is 11.8 Å². The maximum atomic E-state index is 12.6. The maximum Gasteiger partial charge on any atom is 0.239 e. The van der Waals surface area contributed by atoms with Crippen molar-refractivity contribution in [2.45, 2.75) is 52.5 Å². The van der Waals surface area contributed by atoms with E-state index < -0.39 is 0 Å². The van der Waals surface area contributed by atoms with Gasteiger partial charge < -0.3 is 9.80 Å². The van der Waals surface area contributed by atoms with Crippen LogP contribution < -0.4 is 0 Å². The van der Waals surface area contributed by atoms with E-state index in [4.69, 9.17) is 0 Å². The fraction of sp³-hybridized carbons (Fsp3) is 0.850. The summed E-state index contributed by atoms with van der Waals surface area (Å²) in [5, 5.41) is 0. The Morgan fingerprint density at radius 1 is 1.17 bits per heavy atom. The molecule has 0 aromatic carbocycles. The molecule has 136 valence electrons. The average molecular weight is 334 g/mol. The highest BCUT2D eigenvalue weighted by Gasteiger charge is 2.31. The number of amides is 1. The second-order valence-electron chi connectivity index (χ2n) is 8.15. The number of likely N-dealkylation sites (tertiary alicyclic amines) is 1. The van der Waals surface area contributed by atoms with Gasteiger partial charge in [0.2, 0.25) is 5.91 Å². The molecule has 0 saturated carbocycles. The monoisotopic (exact) mass is 333 g/mol. The number of carbonyl (C=O) groups excluding carboxylic acids is 1. The second kappa shape index (κ2) is 8.01. The van der Waals surface area contributed by atoms with Gasteiger partial charge in [0.15, 0.2) is 0 Å². The highest BCUT2D eigenvalue weighted by Crippen LogP contribution is 2.31. The predicted molar refractivity (Wildman–Crippen MR) is 98.9 cm³/mol. The minimum atomic E-state index is 0.0560. The lowest BCUT2D eigenvalue weighted by Crippen LogP contribution is -2.55. The molecule has 0 N–H and O–H groups in total. The van der Waals surface area contributed by atoms with Gasteiger partial charge in [-0.2, -0.15) is 0 Å². The maximum absolute atomic E-state index is 12.6. The van der Waals surface area contributed by atoms with Crippen LogP contribution >= 0.6 is 0 Å². The summed E-state index contributed by atoms with van der Waals surface area (Å²) in [4.78, 5) is 19.7. The van der Waals surface area contributed by atoms with Gasteiger partial charge in [0, 0.05) is 45.8 Å². The minimum absolute atomic E-state index is 0.0560. The molecule has 0 bridgehead atoms. The normalized spacial score (nSPS) is 31.1. The van der Waals surface area contributed by atoms with Crippen LogP contribution in [0.25, 0.3) is 0 Å². The second-order valence-corrected chi connectivity index (χ2v) is 8.15. The Hall–Kier alpha value is -0.870. The van der Waals surface area contributed by atoms with Gasteiger partial charge in [0.25, 0.3) is 0 Å². The molecule has 0 unspecified atom stereocenters. The van der Waals surface area contributed by atoms with Crippen molar-refractivity contribution in [2.75, 3.05) is 45.8 Å². The summed E-state index contributed by atoms with van der Waals surface area (Å²) in [6.07, 6.45) is 7.39. The van der Waals surface area contributed by atoms with E-state index in [1.807, 2.05) is 0 Å². The Morgan fingerprint density at radius 2 is 1.83 bits per heavy atom. The van der Waals surface area contributed by atoms with E-state index in [2.05, 4.69) is 41.5 Å². The highest BCUT2D eigenvalue weighted by atomic mass is 16.2. The molecule has 3 aliphatic rings. The van der Waals surface area contributed by atoms with Crippen molar-refractivity contribution < 1.29 is 4.79 Å². The zero-order valence-corrected chi connectivity index (χ0v) is 15.8. The number of allylic oxidation sites excluding steroid dienone is 1. The van der Waals surface area contributed by atoms with Gasteiger partial charge in [0.05, 0.1) is 6.04 Å². The fourth-order valence-corrected chi connectivity index (χ4v) is 4.67. The minimum Gasteiger partial charge on any atom is -0.341 e. The summed E-state index contributed by atoms with van der Waals surface area (Å²) >= 11 is 0. The number of nitrogens with zero attached hydrogens (tertiary/aromatic N) is 3. The van der Waals surface area contributed by atoms with Gasteiger partial charge in [-0.25, -0.2) is 0 Å². The molecule has 4 heteroatoms. The quantitative estimate of drug-likeness (QED) is 0.740. The number of carbonyl (C=O) groups is 1. The molecule has 0 aromatic rings. The van der Waals surface area contributed by atoms with Crippen LogP contribution in [0.3, 0.4) is 0 Å². The molecule has 0 spiro atoms. The Labute approximate surface area is 147 Å². The molecule has 2 fully saturated rings. The average Bonchev–Trinajstić information content (AvgIpc) is 3.12. The van der Waals surface area contributed by atoms with Gasteiger partial charge in [-0.1, -0.05) is 18.6 Å². The summed E-state index contributed by atoms with van der Waals surface area (Å²) in [5.41, 5.74) is 1.59. The summed E-state index contributed by atoms with van der Waals surface area (Å²) in [5.74, 6) is 1.89. The number of hydrogen-bond donors (Lipinski definition) is 0. The SMILES string of the molecule is CC1=CCC[C@H](C)[C@@H]1CN1CCN([C@H](C)C(=O)N2CCCC2)CC1. The van der Waals surface area contributed by atoms with Crippen LogP contribution in [0, 0.1) is 11.8 Å². The smallest absolute Gasteiger partial charge is 0.239 e. The lowest BCUT2D eigenvalue weighted by molar-refractivity contribution is -0.136. The lowest BCUT2D eigenvalue weighted by atomic mass is 9.79. The van der Waals surface area contributed by atoms with E-state index in [9.17, 15) is 4.79 Å². The molecule has 3 atom stereocenters. The molecule has 1 amide bonds. The molecular weight excluding hydrogens is 298 g/mol. The fourth-order valence-electron chi connectivity index (χ4n) is 4.67. The largest absolute Gasteiger partial charge is 0.341 e. The van der Waals surface area contributed by atoms with Gasteiger partial charge in [-0.05, 0) is 51.4 Å². The van der Waals surface area contributed by atoms with Gasteiger partial charge in [0.1, 0.15) is 0 Å². The molecule has 4 nitrogen and oxygen atoms in total. The molecule has 2 saturated heterocycles. The summed E-state index contributed by atoms with van der Waals surface area (Å²) in [7, 11) is 0. The van der Waals surface area contributed by atoms with E-state index in [1.54, 1.807) is 5.57 Å². The molecule has 2 heterocycles. The van der Waals surface area contributed by atoms with Crippen molar-refractivity contribution in [1.29, 1.82) is 0 Å². The van der Waals surface area contributed by atoms with E-state index in [0.717, 1.165) is 51.1 Å². The molecule has 0 aromatic heterocycles. The lowest BCUT2D eigenvalue weighted by Gasteiger charge is -2.41. The summed E-state index contributed by atoms with van der Waals surface area (Å²) in [6.45, 7) is 14.2. The molecule has 2 aliphatic heterocycles. The summed E-state index contributed by atoms with van der Waals surface area (Å²) < 4.78 is 0. The number of rotatable bonds is 4. The van der Waals surface area contributed by atoms with Crippen LogP contribution in [0.4, 0.5) is 0 Å². The van der Waals surface area contributed by atoms with E-state index in [1.165, 1.54) is 32.2 Å². The summed E-state index contributed by atoms with van der Waals surface area (Å²) in [6, 6.07) is 0.0560. The third kappa shape index (κ3) is 4.02. The Balaban J connectivity index is 1.47. The van der Waals surface area contributed by atoms with Crippen LogP contribution in [0.5, 0.6) is 0 Å². The zero-order chi connectivity index (χ0) is 17.1. The third-order valence-corrected chi connectivity index (χ3v) is 6.54. The van der Waals surface area contributed by atoms with Gasteiger partial charge in [-0.15, -0.1) is 0 Å². The molecule has 0 radical (unpaired) electrons. The van der Waals surface area contributed by atoms with Crippen molar-refractivity contribution in [1.82, 2.24) is 14.7 Å². The van der Waals surface area contributed by atoms with Crippen molar-refractivity contribution in [3.05, 3.63) is 11.6 Å². The standard InChI is InChI=1S/C20H35N3O/c1-16-7-6-8-17(2)19(16)15-21-11-13-22(14-12-21)18(3)20(24)23-9-4-5-10-23/h7,17-19H,4-6,8-15H2,1-3H3/t17-,18+,19+/m0/s1. The van der Waals surface area contributed by atoms with Crippen LogP contribution in [0.15, 0.2) is 11.6 Å². The van der Waals surface area contributed by atoms with E-state index in [0.29, 0.717) is 5.91 Å². The van der Waals surface area contributed by atoms with Crippen molar-refractivity contribution >= 4 is 5.91 Å². The van der Waals surface area contributed by atoms with Gasteiger partial charge >= 0.3 is 0 Å². The van der Waals surface area contributed by atoms with Crippen molar-refractivity contribution in [3.63, 3.8) is 0 Å². The Bertz CT molecular complexity index is 462. The third-order valence-electron chi connectivity index (χ3n) is 6.54.